The fourth-order valence-corrected chi connectivity index (χ4v) is 6.16. The van der Waals surface area contributed by atoms with Crippen LogP contribution in [-0.4, -0.2) is 30.5 Å². The third-order valence-electron chi connectivity index (χ3n) is 6.27. The molecule has 0 saturated carbocycles. The number of aromatic nitrogens is 3. The lowest BCUT2D eigenvalue weighted by molar-refractivity contribution is 0.400. The number of rotatable bonds is 5. The van der Waals surface area contributed by atoms with Crippen molar-refractivity contribution in [2.24, 2.45) is 0 Å². The van der Waals surface area contributed by atoms with Gasteiger partial charge in [0.25, 0.3) is 10.0 Å². The van der Waals surface area contributed by atoms with Crippen LogP contribution in [0.5, 0.6) is 5.88 Å². The summed E-state index contributed by atoms with van der Waals surface area (Å²) >= 11 is 15.1. The van der Waals surface area contributed by atoms with Gasteiger partial charge in [-0.1, -0.05) is 35.3 Å². The molecule has 0 aliphatic rings. The number of nitrogens with zero attached hydrogens (tertiary/aromatic N) is 3. The Bertz CT molecular complexity index is 2160. The van der Waals surface area contributed by atoms with Gasteiger partial charge in [-0.3, -0.25) is 14.7 Å². The highest BCUT2D eigenvalue weighted by Gasteiger charge is 2.22. The average molecular weight is 722 g/mol. The van der Waals surface area contributed by atoms with E-state index in [4.69, 9.17) is 27.9 Å². The van der Waals surface area contributed by atoms with E-state index < -0.39 is 26.6 Å². The lowest BCUT2D eigenvalue weighted by atomic mass is 10.0. The zero-order valence-corrected chi connectivity index (χ0v) is 26.2. The van der Waals surface area contributed by atoms with Crippen LogP contribution in [0, 0.1) is 17.5 Å². The summed E-state index contributed by atoms with van der Waals surface area (Å²) in [6.45, 7) is 0. The molecule has 224 valence electrons. The van der Waals surface area contributed by atoms with Gasteiger partial charge in [-0.05, 0) is 70.5 Å². The Morgan fingerprint density at radius 2 is 1.43 bits per heavy atom. The number of methoxy groups -OCH3 is 1. The highest BCUT2D eigenvalue weighted by Crippen LogP contribution is 2.35. The number of benzene rings is 3. The van der Waals surface area contributed by atoms with E-state index in [1.807, 2.05) is 0 Å². The first-order chi connectivity index (χ1) is 21.0. The first-order valence-electron chi connectivity index (χ1n) is 12.4. The molecule has 0 radical (unpaired) electrons. The van der Waals surface area contributed by atoms with Crippen molar-refractivity contribution >= 4 is 76.6 Å². The van der Waals surface area contributed by atoms with E-state index in [1.54, 1.807) is 30.5 Å². The Morgan fingerprint density at radius 3 is 2.07 bits per heavy atom. The van der Waals surface area contributed by atoms with Gasteiger partial charge in [-0.25, -0.2) is 26.6 Å². The largest absolute Gasteiger partial charge is 0.480 e. The lowest BCUT2D eigenvalue weighted by Gasteiger charge is -2.14. The maximum absolute atomic E-state index is 15.2. The highest BCUT2D eigenvalue weighted by atomic mass is 79.9. The molecular formula is C30H18BrCl2F3N4O3S. The van der Waals surface area contributed by atoms with E-state index in [0.29, 0.717) is 25.9 Å². The Kier molecular flexibility index (Phi) is 9.26. The van der Waals surface area contributed by atoms with Crippen molar-refractivity contribution in [1.29, 1.82) is 0 Å². The first kappa shape index (κ1) is 31.5. The Balaban J connectivity index is 0.000000245. The molecule has 3 aromatic carbocycles. The van der Waals surface area contributed by atoms with Crippen molar-refractivity contribution < 1.29 is 26.3 Å². The molecule has 0 aliphatic heterocycles. The van der Waals surface area contributed by atoms with Crippen molar-refractivity contribution in [2.75, 3.05) is 11.8 Å². The molecule has 44 heavy (non-hydrogen) atoms. The maximum Gasteiger partial charge on any atom is 0.264 e. The molecule has 0 bridgehead atoms. The zero-order valence-electron chi connectivity index (χ0n) is 22.3. The van der Waals surface area contributed by atoms with Gasteiger partial charge < -0.3 is 4.74 Å². The minimum atomic E-state index is -4.30. The molecule has 0 unspecified atom stereocenters. The van der Waals surface area contributed by atoms with E-state index in [-0.39, 0.29) is 38.9 Å². The number of fused-ring (bicyclic) bond motifs is 2. The Morgan fingerprint density at radius 1 is 0.818 bits per heavy atom. The van der Waals surface area contributed by atoms with Crippen molar-refractivity contribution in [2.45, 2.75) is 4.90 Å². The maximum atomic E-state index is 15.2. The van der Waals surface area contributed by atoms with Crippen LogP contribution >= 0.6 is 39.1 Å². The zero-order chi connectivity index (χ0) is 31.6. The summed E-state index contributed by atoms with van der Waals surface area (Å²) in [6, 6.07) is 15.7. The second kappa shape index (κ2) is 12.9. The Hall–Kier alpha value is -3.97. The molecule has 1 N–H and O–H groups in total. The summed E-state index contributed by atoms with van der Waals surface area (Å²) in [4.78, 5) is 11.6. The standard InChI is InChI=1S/C21H14ClF2N3O3S.C9H4BrClFN/c1-30-21-17(27-31(28,29)18-5-3-2-4-15(18)23)10-12(11-26-21)13-6-7-16-19(20(13)24)14(22)8-9-25-16;10-5-1-2-7-8(9(5)12)6(11)3-4-13-7/h2-11,27H,1H3;1-4H. The molecule has 3 heterocycles. The molecule has 3 aromatic heterocycles. The molecule has 0 amide bonds. The summed E-state index contributed by atoms with van der Waals surface area (Å²) in [6.07, 6.45) is 4.35. The fourth-order valence-electron chi connectivity index (χ4n) is 4.23. The van der Waals surface area contributed by atoms with Crippen LogP contribution in [0.4, 0.5) is 18.9 Å². The van der Waals surface area contributed by atoms with Gasteiger partial charge >= 0.3 is 0 Å². The van der Waals surface area contributed by atoms with Gasteiger partial charge in [0.05, 0.1) is 43.4 Å². The number of pyridine rings is 3. The minimum absolute atomic E-state index is 0.0652. The van der Waals surface area contributed by atoms with E-state index >= 15 is 4.39 Å². The molecule has 0 fully saturated rings. The molecular weight excluding hydrogens is 704 g/mol. The topological polar surface area (TPSA) is 94.1 Å². The van der Waals surface area contributed by atoms with Gasteiger partial charge in [0, 0.05) is 29.7 Å². The monoisotopic (exact) mass is 720 g/mol. The molecule has 7 nitrogen and oxygen atoms in total. The van der Waals surface area contributed by atoms with Crippen molar-refractivity contribution in [3.8, 4) is 17.0 Å². The van der Waals surface area contributed by atoms with Crippen molar-refractivity contribution in [1.82, 2.24) is 15.0 Å². The number of anilines is 1. The quantitative estimate of drug-likeness (QED) is 0.191. The molecule has 14 heteroatoms. The van der Waals surface area contributed by atoms with Gasteiger partial charge in [0.15, 0.2) is 0 Å². The number of ether oxygens (including phenoxy) is 1. The van der Waals surface area contributed by atoms with Crippen LogP contribution in [-0.2, 0) is 10.0 Å². The van der Waals surface area contributed by atoms with Crippen LogP contribution in [0.25, 0.3) is 32.9 Å². The normalized spacial score (nSPS) is 11.2. The summed E-state index contributed by atoms with van der Waals surface area (Å²) in [7, 11) is -3.00. The number of halogens is 6. The van der Waals surface area contributed by atoms with Crippen LogP contribution in [0.3, 0.4) is 0 Å². The van der Waals surface area contributed by atoms with Crippen LogP contribution < -0.4 is 9.46 Å². The summed E-state index contributed by atoms with van der Waals surface area (Å²) in [5.74, 6) is -1.98. The van der Waals surface area contributed by atoms with Crippen LogP contribution in [0.1, 0.15) is 0 Å². The van der Waals surface area contributed by atoms with Gasteiger partial charge in [-0.2, -0.15) is 0 Å². The van der Waals surface area contributed by atoms with Crippen LogP contribution in [0.15, 0.2) is 94.7 Å². The van der Waals surface area contributed by atoms with Gasteiger partial charge in [0.1, 0.15) is 28.0 Å². The fraction of sp³-hybridized carbons (Fsp3) is 0.0333. The van der Waals surface area contributed by atoms with Gasteiger partial charge in [-0.15, -0.1) is 0 Å². The molecule has 6 aromatic rings. The molecule has 6 rings (SSSR count). The summed E-state index contributed by atoms with van der Waals surface area (Å²) < 4.78 is 75.9. The molecule has 0 atom stereocenters. The summed E-state index contributed by atoms with van der Waals surface area (Å²) in [5, 5.41) is 1.06. The number of nitrogens with one attached hydrogen (secondary N) is 1. The van der Waals surface area contributed by atoms with E-state index in [2.05, 4.69) is 35.6 Å². The summed E-state index contributed by atoms with van der Waals surface area (Å²) in [5.41, 5.74) is 1.24. The third kappa shape index (κ3) is 6.29. The van der Waals surface area contributed by atoms with E-state index in [0.717, 1.165) is 12.1 Å². The third-order valence-corrected chi connectivity index (χ3v) is 8.91. The molecule has 0 saturated heterocycles. The molecule has 0 aliphatic carbocycles. The number of hydrogen-bond acceptors (Lipinski definition) is 6. The van der Waals surface area contributed by atoms with Crippen molar-refractivity contribution in [3.05, 3.63) is 117 Å². The second-order valence-corrected chi connectivity index (χ2v) is 12.3. The minimum Gasteiger partial charge on any atom is -0.480 e. The SMILES string of the molecule is COc1ncc(-c2ccc3nccc(Cl)c3c2F)cc1NS(=O)(=O)c1ccccc1F.Fc1c(Br)ccc2nccc(Cl)c12. The first-order valence-corrected chi connectivity index (χ1v) is 15.5. The highest BCUT2D eigenvalue weighted by molar-refractivity contribution is 9.10. The van der Waals surface area contributed by atoms with E-state index in [1.165, 1.54) is 49.8 Å². The smallest absolute Gasteiger partial charge is 0.264 e. The second-order valence-electron chi connectivity index (χ2n) is 8.98. The average Bonchev–Trinajstić information content (AvgIpc) is 2.99. The van der Waals surface area contributed by atoms with Crippen molar-refractivity contribution in [3.63, 3.8) is 0 Å². The Labute approximate surface area is 267 Å². The van der Waals surface area contributed by atoms with Crippen LogP contribution in [0.2, 0.25) is 10.0 Å². The van der Waals surface area contributed by atoms with E-state index in [9.17, 15) is 17.2 Å². The number of hydrogen-bond donors (Lipinski definition) is 1. The van der Waals surface area contributed by atoms with Gasteiger partial charge in [0.2, 0.25) is 5.88 Å². The number of sulfonamides is 1. The molecule has 0 spiro atoms. The lowest BCUT2D eigenvalue weighted by Crippen LogP contribution is -2.15. The predicted molar refractivity (Wildman–Crippen MR) is 168 cm³/mol. The predicted octanol–water partition coefficient (Wildman–Crippen LogP) is 8.83.